The zero-order chi connectivity index (χ0) is 22.9. The van der Waals surface area contributed by atoms with Crippen molar-refractivity contribution in [3.63, 3.8) is 0 Å². The van der Waals surface area contributed by atoms with Crippen LogP contribution in [0.25, 0.3) is 6.08 Å². The molecule has 2 aromatic carbocycles. The number of carbonyl (C=O) groups is 1. The van der Waals surface area contributed by atoms with E-state index in [0.717, 1.165) is 31.4 Å². The molecule has 0 aliphatic carbocycles. The van der Waals surface area contributed by atoms with Gasteiger partial charge in [0.05, 0.1) is 19.3 Å². The average molecular weight is 432 g/mol. The molecule has 0 atom stereocenters. The summed E-state index contributed by atoms with van der Waals surface area (Å²) in [7, 11) is 1.48. The minimum Gasteiger partial charge on any atom is -0.493 e. The summed E-state index contributed by atoms with van der Waals surface area (Å²) >= 11 is 0. The van der Waals surface area contributed by atoms with Crippen molar-refractivity contribution in [1.29, 1.82) is 5.26 Å². The van der Waals surface area contributed by atoms with Gasteiger partial charge in [-0.3, -0.25) is 4.79 Å². The highest BCUT2D eigenvalue weighted by atomic mass is 19.4. The van der Waals surface area contributed by atoms with Crippen molar-refractivity contribution in [2.45, 2.75) is 32.4 Å². The summed E-state index contributed by atoms with van der Waals surface area (Å²) in [5.74, 6) is 0.171. The number of halogens is 3. The van der Waals surface area contributed by atoms with Gasteiger partial charge >= 0.3 is 6.18 Å². The van der Waals surface area contributed by atoms with E-state index >= 15 is 0 Å². The molecule has 0 saturated heterocycles. The van der Waals surface area contributed by atoms with E-state index in [-0.39, 0.29) is 11.3 Å². The standard InChI is InChI=1S/C23H23F3N2O3/c1-3-4-5-11-31-20-10-9-16(13-21(20)30-2)12-17(15-27)22(29)28-19-8-6-7-18(14-19)23(24,25)26/h6-10,12-14H,3-5,11H2,1-2H3,(H,28,29)/b17-12-. The zero-order valence-corrected chi connectivity index (χ0v) is 17.3. The molecule has 1 amide bonds. The Kier molecular flexibility index (Phi) is 8.50. The summed E-state index contributed by atoms with van der Waals surface area (Å²) in [4.78, 5) is 12.4. The van der Waals surface area contributed by atoms with Crippen molar-refractivity contribution in [2.75, 3.05) is 19.0 Å². The average Bonchev–Trinajstić information content (AvgIpc) is 2.75. The summed E-state index contributed by atoms with van der Waals surface area (Å²) in [5, 5.41) is 11.7. The Morgan fingerprint density at radius 3 is 2.58 bits per heavy atom. The largest absolute Gasteiger partial charge is 0.493 e. The second-order valence-corrected chi connectivity index (χ2v) is 6.67. The van der Waals surface area contributed by atoms with Gasteiger partial charge in [-0.1, -0.05) is 31.9 Å². The van der Waals surface area contributed by atoms with Crippen LogP contribution in [0.5, 0.6) is 11.5 Å². The molecule has 0 aliphatic rings. The Morgan fingerprint density at radius 2 is 1.94 bits per heavy atom. The molecule has 0 bridgehead atoms. The SMILES string of the molecule is CCCCCOc1ccc(/C=C(/C#N)C(=O)Nc2cccc(C(F)(F)F)c2)cc1OC. The van der Waals surface area contributed by atoms with Crippen LogP contribution in [0.3, 0.4) is 0 Å². The van der Waals surface area contributed by atoms with E-state index in [1.165, 1.54) is 25.3 Å². The van der Waals surface area contributed by atoms with Crippen LogP contribution in [0.2, 0.25) is 0 Å². The van der Waals surface area contributed by atoms with Gasteiger partial charge in [-0.15, -0.1) is 0 Å². The van der Waals surface area contributed by atoms with E-state index in [1.807, 2.05) is 0 Å². The number of unbranched alkanes of at least 4 members (excludes halogenated alkanes) is 2. The molecule has 2 aromatic rings. The lowest BCUT2D eigenvalue weighted by Crippen LogP contribution is -2.14. The number of carbonyl (C=O) groups excluding carboxylic acids is 1. The number of benzene rings is 2. The van der Waals surface area contributed by atoms with E-state index in [4.69, 9.17) is 9.47 Å². The van der Waals surface area contributed by atoms with Crippen LogP contribution in [0.15, 0.2) is 48.0 Å². The number of nitrogens with zero attached hydrogens (tertiary/aromatic N) is 1. The normalized spacial score (nSPS) is 11.5. The Hall–Kier alpha value is -3.47. The third-order valence-corrected chi connectivity index (χ3v) is 4.32. The second-order valence-electron chi connectivity index (χ2n) is 6.67. The first kappa shape index (κ1) is 23.8. The number of anilines is 1. The number of hydrogen-bond donors (Lipinski definition) is 1. The molecular formula is C23H23F3N2O3. The maximum Gasteiger partial charge on any atom is 0.416 e. The number of hydrogen-bond acceptors (Lipinski definition) is 4. The number of nitriles is 1. The topological polar surface area (TPSA) is 71.3 Å². The van der Waals surface area contributed by atoms with Gasteiger partial charge in [0, 0.05) is 5.69 Å². The van der Waals surface area contributed by atoms with E-state index in [1.54, 1.807) is 24.3 Å². The molecule has 1 N–H and O–H groups in total. The van der Waals surface area contributed by atoms with Crippen molar-refractivity contribution >= 4 is 17.7 Å². The molecular weight excluding hydrogens is 409 g/mol. The molecule has 0 radical (unpaired) electrons. The van der Waals surface area contributed by atoms with E-state index in [9.17, 15) is 23.2 Å². The van der Waals surface area contributed by atoms with Crippen molar-refractivity contribution < 1.29 is 27.4 Å². The Labute approximate surface area is 179 Å². The Bertz CT molecular complexity index is 979. The molecule has 2 rings (SSSR count). The third kappa shape index (κ3) is 7.07. The second kappa shape index (κ2) is 11.1. The molecule has 0 saturated carbocycles. The van der Waals surface area contributed by atoms with Crippen molar-refractivity contribution in [3.8, 4) is 17.6 Å². The van der Waals surface area contributed by atoms with Crippen molar-refractivity contribution in [3.05, 3.63) is 59.2 Å². The highest BCUT2D eigenvalue weighted by Gasteiger charge is 2.30. The van der Waals surface area contributed by atoms with E-state index in [0.29, 0.717) is 23.7 Å². The minimum absolute atomic E-state index is 0.0608. The monoisotopic (exact) mass is 432 g/mol. The van der Waals surface area contributed by atoms with E-state index < -0.39 is 17.6 Å². The molecule has 0 unspecified atom stereocenters. The van der Waals surface area contributed by atoms with Crippen LogP contribution in [-0.4, -0.2) is 19.6 Å². The highest BCUT2D eigenvalue weighted by Crippen LogP contribution is 2.31. The van der Waals surface area contributed by atoms with Gasteiger partial charge in [0.2, 0.25) is 0 Å². The first-order valence-electron chi connectivity index (χ1n) is 9.69. The lowest BCUT2D eigenvalue weighted by atomic mass is 10.1. The number of amides is 1. The smallest absolute Gasteiger partial charge is 0.416 e. The van der Waals surface area contributed by atoms with Crippen LogP contribution in [0.1, 0.15) is 37.3 Å². The van der Waals surface area contributed by atoms with Crippen molar-refractivity contribution in [1.82, 2.24) is 0 Å². The Balaban J connectivity index is 2.17. The lowest BCUT2D eigenvalue weighted by molar-refractivity contribution is -0.137. The predicted molar refractivity (Wildman–Crippen MR) is 112 cm³/mol. The molecule has 0 spiro atoms. The van der Waals surface area contributed by atoms with Gasteiger partial charge in [-0.25, -0.2) is 0 Å². The maximum atomic E-state index is 12.8. The van der Waals surface area contributed by atoms with E-state index in [2.05, 4.69) is 12.2 Å². The van der Waals surface area contributed by atoms with Gasteiger partial charge in [0.15, 0.2) is 11.5 Å². The molecule has 0 aromatic heterocycles. The molecule has 5 nitrogen and oxygen atoms in total. The molecule has 8 heteroatoms. The first-order valence-corrected chi connectivity index (χ1v) is 9.69. The molecule has 31 heavy (non-hydrogen) atoms. The van der Waals surface area contributed by atoms with Gasteiger partial charge in [0.25, 0.3) is 5.91 Å². The number of ether oxygens (including phenoxy) is 2. The lowest BCUT2D eigenvalue weighted by Gasteiger charge is -2.11. The summed E-state index contributed by atoms with van der Waals surface area (Å²) in [5.41, 5.74) is -0.717. The van der Waals surface area contributed by atoms with Crippen LogP contribution in [0, 0.1) is 11.3 Å². The number of methoxy groups -OCH3 is 1. The minimum atomic E-state index is -4.54. The summed E-state index contributed by atoms with van der Waals surface area (Å²) in [6, 6.07) is 10.9. The number of alkyl halides is 3. The predicted octanol–water partition coefficient (Wildman–Crippen LogP) is 5.83. The number of rotatable bonds is 9. The third-order valence-electron chi connectivity index (χ3n) is 4.32. The molecule has 0 fully saturated rings. The molecule has 164 valence electrons. The number of nitrogens with one attached hydrogen (secondary N) is 1. The fourth-order valence-electron chi connectivity index (χ4n) is 2.71. The van der Waals surface area contributed by atoms with Crippen LogP contribution in [-0.2, 0) is 11.0 Å². The maximum absolute atomic E-state index is 12.8. The summed E-state index contributed by atoms with van der Waals surface area (Å²) in [6.07, 6.45) is -0.174. The van der Waals surface area contributed by atoms with Gasteiger partial charge in [-0.05, 0) is 48.4 Å². The van der Waals surface area contributed by atoms with Crippen LogP contribution < -0.4 is 14.8 Å². The van der Waals surface area contributed by atoms with Gasteiger partial charge in [-0.2, -0.15) is 18.4 Å². The van der Waals surface area contributed by atoms with Gasteiger partial charge in [0.1, 0.15) is 11.6 Å². The Morgan fingerprint density at radius 1 is 1.16 bits per heavy atom. The quantitative estimate of drug-likeness (QED) is 0.308. The fourth-order valence-corrected chi connectivity index (χ4v) is 2.71. The first-order chi connectivity index (χ1) is 14.8. The van der Waals surface area contributed by atoms with Gasteiger partial charge < -0.3 is 14.8 Å². The molecule has 0 heterocycles. The van der Waals surface area contributed by atoms with Crippen LogP contribution in [0.4, 0.5) is 18.9 Å². The summed E-state index contributed by atoms with van der Waals surface area (Å²) < 4.78 is 49.5. The summed E-state index contributed by atoms with van der Waals surface area (Å²) in [6.45, 7) is 2.64. The van der Waals surface area contributed by atoms with Crippen LogP contribution >= 0.6 is 0 Å². The fraction of sp³-hybridized carbons (Fsp3) is 0.304. The van der Waals surface area contributed by atoms with Crippen molar-refractivity contribution in [2.24, 2.45) is 0 Å². The zero-order valence-electron chi connectivity index (χ0n) is 17.3. The molecule has 0 aliphatic heterocycles. The highest BCUT2D eigenvalue weighted by molar-refractivity contribution is 6.09.